The second-order valence-electron chi connectivity index (χ2n) is 8.68. The van der Waals surface area contributed by atoms with Gasteiger partial charge in [0.1, 0.15) is 17.5 Å². The van der Waals surface area contributed by atoms with Gasteiger partial charge in [-0.15, -0.1) is 0 Å². The van der Waals surface area contributed by atoms with E-state index in [4.69, 9.17) is 0 Å². The molecule has 0 amide bonds. The highest BCUT2D eigenvalue weighted by molar-refractivity contribution is 5.53. The van der Waals surface area contributed by atoms with E-state index in [9.17, 15) is 5.26 Å². The first-order valence-corrected chi connectivity index (χ1v) is 11.2. The van der Waals surface area contributed by atoms with Crippen LogP contribution in [0, 0.1) is 17.2 Å². The van der Waals surface area contributed by atoms with Crippen molar-refractivity contribution in [3.8, 4) is 6.07 Å². The lowest BCUT2D eigenvalue weighted by molar-refractivity contribution is 0.160. The molecule has 3 unspecified atom stereocenters. The van der Waals surface area contributed by atoms with Gasteiger partial charge >= 0.3 is 0 Å². The summed E-state index contributed by atoms with van der Waals surface area (Å²) in [7, 11) is 0. The molecule has 28 heavy (non-hydrogen) atoms. The molecule has 1 aliphatic carbocycles. The number of rotatable bonds is 7. The lowest BCUT2D eigenvalue weighted by Crippen LogP contribution is -2.38. The first-order valence-electron chi connectivity index (χ1n) is 11.2. The van der Waals surface area contributed by atoms with Crippen molar-refractivity contribution < 1.29 is 0 Å². The average Bonchev–Trinajstić information content (AvgIpc) is 2.91. The lowest BCUT2D eigenvalue weighted by atomic mass is 10.0. The number of nitriles is 1. The molecule has 6 heteroatoms. The van der Waals surface area contributed by atoms with Crippen LogP contribution in [0.3, 0.4) is 0 Å². The number of nitrogens with zero attached hydrogens (tertiary/aromatic N) is 4. The first-order chi connectivity index (χ1) is 13.7. The smallest absolute Gasteiger partial charge is 0.224 e. The number of hydrogen-bond acceptors (Lipinski definition) is 6. The molecule has 0 aromatic carbocycles. The summed E-state index contributed by atoms with van der Waals surface area (Å²) in [6.07, 6.45) is 12.8. The Hall–Kier alpha value is -1.87. The van der Waals surface area contributed by atoms with Gasteiger partial charge < -0.3 is 15.5 Å². The monoisotopic (exact) mass is 384 g/mol. The molecule has 2 aliphatic rings. The molecule has 3 atom stereocenters. The summed E-state index contributed by atoms with van der Waals surface area (Å²) in [5, 5.41) is 16.3. The van der Waals surface area contributed by atoms with Crippen LogP contribution in [0.25, 0.3) is 0 Å². The minimum absolute atomic E-state index is 0.403. The largest absolute Gasteiger partial charge is 0.366 e. The summed E-state index contributed by atoms with van der Waals surface area (Å²) < 4.78 is 0. The third kappa shape index (κ3) is 6.07. The van der Waals surface area contributed by atoms with Crippen molar-refractivity contribution in [2.45, 2.75) is 83.7 Å². The molecule has 1 saturated heterocycles. The Morgan fingerprint density at radius 2 is 2.04 bits per heavy atom. The van der Waals surface area contributed by atoms with E-state index in [2.05, 4.69) is 45.4 Å². The van der Waals surface area contributed by atoms with Gasteiger partial charge in [0.05, 0.1) is 6.20 Å². The predicted octanol–water partition coefficient (Wildman–Crippen LogP) is 4.41. The van der Waals surface area contributed by atoms with Crippen molar-refractivity contribution in [2.24, 2.45) is 5.92 Å². The third-order valence-corrected chi connectivity index (χ3v) is 6.35. The van der Waals surface area contributed by atoms with Crippen molar-refractivity contribution >= 4 is 11.8 Å². The molecular formula is C22H36N6. The maximum Gasteiger partial charge on any atom is 0.224 e. The molecule has 3 rings (SSSR count). The summed E-state index contributed by atoms with van der Waals surface area (Å²) >= 11 is 0. The van der Waals surface area contributed by atoms with Gasteiger partial charge in [0.15, 0.2) is 0 Å². The molecule has 2 N–H and O–H groups in total. The van der Waals surface area contributed by atoms with E-state index < -0.39 is 0 Å². The van der Waals surface area contributed by atoms with E-state index in [1.54, 1.807) is 6.20 Å². The minimum Gasteiger partial charge on any atom is -0.366 e. The van der Waals surface area contributed by atoms with Gasteiger partial charge in [-0.3, -0.25) is 0 Å². The molecule has 1 saturated carbocycles. The van der Waals surface area contributed by atoms with Gasteiger partial charge in [0.25, 0.3) is 0 Å². The van der Waals surface area contributed by atoms with E-state index in [-0.39, 0.29) is 0 Å². The fourth-order valence-corrected chi connectivity index (χ4v) is 4.46. The Morgan fingerprint density at radius 3 is 2.86 bits per heavy atom. The molecule has 0 bridgehead atoms. The molecule has 0 spiro atoms. The van der Waals surface area contributed by atoms with Crippen LogP contribution in [0.2, 0.25) is 0 Å². The summed E-state index contributed by atoms with van der Waals surface area (Å²) in [5.74, 6) is 2.10. The third-order valence-electron chi connectivity index (χ3n) is 6.35. The second kappa shape index (κ2) is 10.6. The van der Waals surface area contributed by atoms with Crippen LogP contribution in [0.5, 0.6) is 0 Å². The topological polar surface area (TPSA) is 76.9 Å². The maximum absolute atomic E-state index is 9.42. The number of hydrogen-bond donors (Lipinski definition) is 2. The summed E-state index contributed by atoms with van der Waals surface area (Å²) in [6, 6.07) is 3.34. The molecule has 2 heterocycles. The number of nitrogens with one attached hydrogen (secondary N) is 2. The van der Waals surface area contributed by atoms with E-state index >= 15 is 0 Å². The number of aromatic nitrogens is 2. The van der Waals surface area contributed by atoms with Crippen molar-refractivity contribution in [1.82, 2.24) is 14.9 Å². The second-order valence-corrected chi connectivity index (χ2v) is 8.68. The van der Waals surface area contributed by atoms with Crippen molar-refractivity contribution in [2.75, 3.05) is 30.3 Å². The van der Waals surface area contributed by atoms with E-state index in [0.717, 1.165) is 38.3 Å². The highest BCUT2D eigenvalue weighted by Crippen LogP contribution is 2.25. The summed E-state index contributed by atoms with van der Waals surface area (Å²) in [6.45, 7) is 7.87. The van der Waals surface area contributed by atoms with Crippen molar-refractivity contribution in [3.05, 3.63) is 11.8 Å². The molecule has 154 valence electrons. The first kappa shape index (κ1) is 20.9. The molecule has 0 radical (unpaired) electrons. The predicted molar refractivity (Wildman–Crippen MR) is 114 cm³/mol. The van der Waals surface area contributed by atoms with E-state index in [0.29, 0.717) is 29.4 Å². The Labute approximate surface area is 170 Å². The molecule has 1 aliphatic heterocycles. The van der Waals surface area contributed by atoms with E-state index in [1.165, 1.54) is 45.1 Å². The SMILES string of the molecule is CC1CCCC(Nc2nc(NCCCN3CCCCC3C)ncc2C#N)CC1. The number of piperidine rings is 1. The fourth-order valence-electron chi connectivity index (χ4n) is 4.46. The Balaban J connectivity index is 1.51. The van der Waals surface area contributed by atoms with Crippen LogP contribution in [-0.2, 0) is 0 Å². The molecule has 1 aromatic rings. The van der Waals surface area contributed by atoms with Crippen molar-refractivity contribution in [1.29, 1.82) is 5.26 Å². The van der Waals surface area contributed by atoms with Crippen LogP contribution >= 0.6 is 0 Å². The zero-order chi connectivity index (χ0) is 19.8. The quantitative estimate of drug-likeness (QED) is 0.536. The van der Waals surface area contributed by atoms with Crippen LogP contribution in [0.1, 0.15) is 77.2 Å². The highest BCUT2D eigenvalue weighted by atomic mass is 15.2. The number of likely N-dealkylation sites (tertiary alicyclic amines) is 1. The average molecular weight is 385 g/mol. The Kier molecular flexibility index (Phi) is 7.90. The van der Waals surface area contributed by atoms with Crippen molar-refractivity contribution in [3.63, 3.8) is 0 Å². The fraction of sp³-hybridized carbons (Fsp3) is 0.773. The highest BCUT2D eigenvalue weighted by Gasteiger charge is 2.19. The van der Waals surface area contributed by atoms with Gasteiger partial charge in [0.2, 0.25) is 5.95 Å². The van der Waals surface area contributed by atoms with Gasteiger partial charge in [-0.05, 0) is 57.9 Å². The Bertz CT molecular complexity index is 655. The normalized spacial score (nSPS) is 26.2. The summed E-state index contributed by atoms with van der Waals surface area (Å²) in [5.41, 5.74) is 0.532. The van der Waals surface area contributed by atoms with E-state index in [1.807, 2.05) is 0 Å². The van der Waals surface area contributed by atoms with Gasteiger partial charge in [-0.25, -0.2) is 4.98 Å². The van der Waals surface area contributed by atoms with Crippen LogP contribution < -0.4 is 10.6 Å². The molecule has 2 fully saturated rings. The molecule has 1 aromatic heterocycles. The zero-order valence-corrected chi connectivity index (χ0v) is 17.6. The van der Waals surface area contributed by atoms with Gasteiger partial charge in [0, 0.05) is 25.2 Å². The minimum atomic E-state index is 0.403. The van der Waals surface area contributed by atoms with Gasteiger partial charge in [-0.2, -0.15) is 10.2 Å². The van der Waals surface area contributed by atoms with Crippen LogP contribution in [0.15, 0.2) is 6.20 Å². The lowest BCUT2D eigenvalue weighted by Gasteiger charge is -2.33. The van der Waals surface area contributed by atoms with Crippen LogP contribution in [-0.4, -0.2) is 46.6 Å². The standard InChI is InChI=1S/C22H36N6/c1-17-7-5-9-20(11-10-17)26-21-19(15-23)16-25-22(27-21)24-12-6-14-28-13-4-3-8-18(28)2/h16-18,20H,3-14H2,1-2H3,(H2,24,25,26,27). The van der Waals surface area contributed by atoms with Crippen LogP contribution in [0.4, 0.5) is 11.8 Å². The molecular weight excluding hydrogens is 348 g/mol. The maximum atomic E-state index is 9.42. The Morgan fingerprint density at radius 1 is 1.14 bits per heavy atom. The molecule has 6 nitrogen and oxygen atoms in total. The zero-order valence-electron chi connectivity index (χ0n) is 17.6. The number of anilines is 2. The van der Waals surface area contributed by atoms with Gasteiger partial charge in [-0.1, -0.05) is 26.2 Å². The summed E-state index contributed by atoms with van der Waals surface area (Å²) in [4.78, 5) is 11.5.